The lowest BCUT2D eigenvalue weighted by atomic mass is 10.3. The van der Waals surface area contributed by atoms with E-state index in [0.717, 1.165) is 12.2 Å². The summed E-state index contributed by atoms with van der Waals surface area (Å²) in [5.74, 6) is -0.453. The Morgan fingerprint density at radius 3 is 2.93 bits per heavy atom. The fourth-order valence-corrected chi connectivity index (χ4v) is 1.75. The molecule has 72 valence electrons. The predicted molar refractivity (Wildman–Crippen MR) is 55.8 cm³/mol. The van der Waals surface area contributed by atoms with Gasteiger partial charge in [0.15, 0.2) is 0 Å². The van der Waals surface area contributed by atoms with E-state index in [1.807, 2.05) is 5.38 Å². The summed E-state index contributed by atoms with van der Waals surface area (Å²) < 4.78 is 12.5. The molecule has 4 heteroatoms. The van der Waals surface area contributed by atoms with Gasteiger partial charge < -0.3 is 5.32 Å². The number of hydrogen-bond acceptors (Lipinski definition) is 3. The van der Waals surface area contributed by atoms with Gasteiger partial charge in [-0.05, 0) is 34.5 Å². The lowest BCUT2D eigenvalue weighted by Gasteiger charge is -2.03. The number of thiophene rings is 1. The van der Waals surface area contributed by atoms with E-state index in [-0.39, 0.29) is 0 Å². The summed E-state index contributed by atoms with van der Waals surface area (Å²) in [5, 5.41) is 7.25. The van der Waals surface area contributed by atoms with Crippen molar-refractivity contribution >= 4 is 17.0 Å². The van der Waals surface area contributed by atoms with E-state index in [4.69, 9.17) is 0 Å². The fraction of sp³-hybridized carbons (Fsp3) is 0.100. The molecule has 0 aliphatic carbocycles. The first-order valence-electron chi connectivity index (χ1n) is 4.21. The maximum absolute atomic E-state index is 12.5. The first-order chi connectivity index (χ1) is 6.84. The molecule has 0 spiro atoms. The van der Waals surface area contributed by atoms with Gasteiger partial charge in [-0.2, -0.15) is 15.7 Å². The number of rotatable bonds is 3. The summed E-state index contributed by atoms with van der Waals surface area (Å²) in [4.78, 5) is 3.55. The molecular weight excluding hydrogens is 199 g/mol. The Bertz CT molecular complexity index is 383. The van der Waals surface area contributed by atoms with Gasteiger partial charge >= 0.3 is 0 Å². The molecule has 0 unspecified atom stereocenters. The predicted octanol–water partition coefficient (Wildman–Crippen LogP) is 2.89. The maximum atomic E-state index is 12.5. The molecule has 0 aliphatic heterocycles. The smallest absolute Gasteiger partial charge is 0.212 e. The second-order valence-corrected chi connectivity index (χ2v) is 3.63. The summed E-state index contributed by atoms with van der Waals surface area (Å²) in [6, 6.07) is 5.07. The van der Waals surface area contributed by atoms with Crippen molar-refractivity contribution in [1.82, 2.24) is 4.98 Å². The zero-order valence-corrected chi connectivity index (χ0v) is 8.22. The van der Waals surface area contributed by atoms with Crippen LogP contribution in [0.25, 0.3) is 0 Å². The van der Waals surface area contributed by atoms with Crippen LogP contribution in [-0.2, 0) is 6.54 Å². The largest absolute Gasteiger partial charge is 0.380 e. The lowest BCUT2D eigenvalue weighted by Crippen LogP contribution is -1.98. The molecule has 0 saturated carbocycles. The van der Waals surface area contributed by atoms with Gasteiger partial charge in [-0.1, -0.05) is 0 Å². The molecule has 2 nitrogen and oxygen atoms in total. The number of hydrogen-bond donors (Lipinski definition) is 1. The minimum atomic E-state index is -0.453. The highest BCUT2D eigenvalue weighted by molar-refractivity contribution is 7.07. The summed E-state index contributed by atoms with van der Waals surface area (Å²) in [6.45, 7) is 0.747. The molecule has 0 radical (unpaired) electrons. The molecule has 0 aliphatic rings. The summed E-state index contributed by atoms with van der Waals surface area (Å²) in [5.41, 5.74) is 2.05. The first kappa shape index (κ1) is 9.15. The standard InChI is InChI=1S/C10H9FN2S/c11-10-2-1-9(6-13-10)12-5-8-3-4-14-7-8/h1-4,6-7,12H,5H2. The van der Waals surface area contributed by atoms with E-state index in [0.29, 0.717) is 0 Å². The monoisotopic (exact) mass is 208 g/mol. The Balaban J connectivity index is 1.95. The molecule has 0 saturated heterocycles. The van der Waals surface area contributed by atoms with Gasteiger partial charge in [-0.25, -0.2) is 4.98 Å². The Morgan fingerprint density at radius 1 is 1.36 bits per heavy atom. The van der Waals surface area contributed by atoms with Gasteiger partial charge in [0.05, 0.1) is 11.9 Å². The molecule has 0 fully saturated rings. The molecule has 0 atom stereocenters. The molecule has 0 bridgehead atoms. The maximum Gasteiger partial charge on any atom is 0.212 e. The topological polar surface area (TPSA) is 24.9 Å². The molecule has 0 aromatic carbocycles. The highest BCUT2D eigenvalue weighted by atomic mass is 32.1. The highest BCUT2D eigenvalue weighted by Crippen LogP contribution is 2.10. The second-order valence-electron chi connectivity index (χ2n) is 2.85. The molecule has 2 rings (SSSR count). The Morgan fingerprint density at radius 2 is 2.29 bits per heavy atom. The number of halogens is 1. The van der Waals surface area contributed by atoms with Gasteiger partial charge in [-0.3, -0.25) is 0 Å². The minimum absolute atomic E-state index is 0.453. The van der Waals surface area contributed by atoms with Crippen molar-refractivity contribution in [3.05, 3.63) is 46.7 Å². The lowest BCUT2D eigenvalue weighted by molar-refractivity contribution is 0.584. The van der Waals surface area contributed by atoms with Crippen molar-refractivity contribution in [2.75, 3.05) is 5.32 Å². The number of anilines is 1. The highest BCUT2D eigenvalue weighted by Gasteiger charge is 1.95. The third-order valence-electron chi connectivity index (χ3n) is 1.80. The SMILES string of the molecule is Fc1ccc(NCc2ccsc2)cn1. The van der Waals surface area contributed by atoms with E-state index in [2.05, 4.69) is 21.7 Å². The number of pyridine rings is 1. The zero-order valence-electron chi connectivity index (χ0n) is 7.40. The molecule has 1 N–H and O–H groups in total. The van der Waals surface area contributed by atoms with Crippen molar-refractivity contribution in [3.63, 3.8) is 0 Å². The molecule has 14 heavy (non-hydrogen) atoms. The normalized spacial score (nSPS) is 10.1. The quantitative estimate of drug-likeness (QED) is 0.784. The van der Waals surface area contributed by atoms with E-state index in [1.54, 1.807) is 17.4 Å². The molecule has 2 aromatic rings. The molecule has 2 aromatic heterocycles. The number of aromatic nitrogens is 1. The van der Waals surface area contributed by atoms with Crippen molar-refractivity contribution in [2.24, 2.45) is 0 Å². The second kappa shape index (κ2) is 4.19. The average molecular weight is 208 g/mol. The van der Waals surface area contributed by atoms with Gasteiger partial charge in [0, 0.05) is 6.54 Å². The third kappa shape index (κ3) is 2.29. The van der Waals surface area contributed by atoms with Crippen LogP contribution < -0.4 is 5.32 Å². The van der Waals surface area contributed by atoms with E-state index in [1.165, 1.54) is 17.8 Å². The summed E-state index contributed by atoms with van der Waals surface area (Å²) in [6.07, 6.45) is 1.49. The van der Waals surface area contributed by atoms with Crippen LogP contribution in [0, 0.1) is 5.95 Å². The first-order valence-corrected chi connectivity index (χ1v) is 5.15. The van der Waals surface area contributed by atoms with Gasteiger partial charge in [0.25, 0.3) is 0 Å². The third-order valence-corrected chi connectivity index (χ3v) is 2.54. The molecule has 2 heterocycles. The Labute approximate surface area is 85.4 Å². The van der Waals surface area contributed by atoms with Gasteiger partial charge in [-0.15, -0.1) is 0 Å². The Hall–Kier alpha value is -1.42. The van der Waals surface area contributed by atoms with Crippen LogP contribution in [0.4, 0.5) is 10.1 Å². The van der Waals surface area contributed by atoms with Crippen LogP contribution in [0.3, 0.4) is 0 Å². The van der Waals surface area contributed by atoms with E-state index < -0.39 is 5.95 Å². The van der Waals surface area contributed by atoms with Crippen molar-refractivity contribution in [3.8, 4) is 0 Å². The Kier molecular flexibility index (Phi) is 2.74. The zero-order chi connectivity index (χ0) is 9.80. The van der Waals surface area contributed by atoms with Crippen LogP contribution in [-0.4, -0.2) is 4.98 Å². The van der Waals surface area contributed by atoms with Crippen molar-refractivity contribution < 1.29 is 4.39 Å². The van der Waals surface area contributed by atoms with Crippen LogP contribution >= 0.6 is 11.3 Å². The van der Waals surface area contributed by atoms with Gasteiger partial charge in [0.1, 0.15) is 0 Å². The van der Waals surface area contributed by atoms with E-state index >= 15 is 0 Å². The molecular formula is C10H9FN2S. The van der Waals surface area contributed by atoms with Crippen LogP contribution in [0.15, 0.2) is 35.2 Å². The van der Waals surface area contributed by atoms with E-state index in [9.17, 15) is 4.39 Å². The number of nitrogens with zero attached hydrogens (tertiary/aromatic N) is 1. The van der Waals surface area contributed by atoms with Crippen LogP contribution in [0.1, 0.15) is 5.56 Å². The van der Waals surface area contributed by atoms with Crippen molar-refractivity contribution in [2.45, 2.75) is 6.54 Å². The molecule has 0 amide bonds. The average Bonchev–Trinajstić information content (AvgIpc) is 2.70. The minimum Gasteiger partial charge on any atom is -0.380 e. The number of nitrogens with one attached hydrogen (secondary N) is 1. The van der Waals surface area contributed by atoms with Gasteiger partial charge in [0.2, 0.25) is 5.95 Å². The summed E-state index contributed by atoms with van der Waals surface area (Å²) >= 11 is 1.66. The van der Waals surface area contributed by atoms with Crippen molar-refractivity contribution in [1.29, 1.82) is 0 Å². The summed E-state index contributed by atoms with van der Waals surface area (Å²) in [7, 11) is 0. The fourth-order valence-electron chi connectivity index (χ4n) is 1.08. The van der Waals surface area contributed by atoms with Crippen LogP contribution in [0.2, 0.25) is 0 Å². The van der Waals surface area contributed by atoms with Crippen LogP contribution in [0.5, 0.6) is 0 Å².